The van der Waals surface area contributed by atoms with Crippen molar-refractivity contribution in [2.24, 2.45) is 10.7 Å². The molecule has 0 saturated heterocycles. The molecule has 2 aromatic rings. The quantitative estimate of drug-likeness (QED) is 0.644. The monoisotopic (exact) mass is 456 g/mol. The molecule has 0 saturated carbocycles. The van der Waals surface area contributed by atoms with Crippen LogP contribution in [-0.4, -0.2) is 39.6 Å². The first-order valence-electron chi connectivity index (χ1n) is 10.6. The molecular formula is C23H29FN6O3. The van der Waals surface area contributed by atoms with E-state index < -0.39 is 17.3 Å². The molecule has 2 amide bonds. The SMILES string of the molecule is CC(C)(C)ON(C(=O)CC(C)(C)c1ccc(F)cc1)c1ccc(C2=NC(N)NC(=O)C2)nn1. The lowest BCUT2D eigenvalue weighted by Crippen LogP contribution is -2.45. The molecule has 33 heavy (non-hydrogen) atoms. The topological polar surface area (TPSA) is 123 Å². The maximum absolute atomic E-state index is 13.3. The molecule has 0 spiro atoms. The highest BCUT2D eigenvalue weighted by molar-refractivity contribution is 6.10. The minimum absolute atomic E-state index is 0.0364. The van der Waals surface area contributed by atoms with E-state index in [1.165, 1.54) is 12.1 Å². The smallest absolute Gasteiger partial charge is 0.253 e. The van der Waals surface area contributed by atoms with Crippen molar-refractivity contribution in [3.63, 3.8) is 0 Å². The zero-order valence-corrected chi connectivity index (χ0v) is 19.4. The van der Waals surface area contributed by atoms with Crippen LogP contribution in [0.5, 0.6) is 0 Å². The first kappa shape index (κ1) is 24.4. The maximum atomic E-state index is 13.3. The van der Waals surface area contributed by atoms with Crippen LogP contribution in [0.2, 0.25) is 0 Å². The fourth-order valence-corrected chi connectivity index (χ4v) is 3.31. The van der Waals surface area contributed by atoms with E-state index in [1.807, 2.05) is 34.6 Å². The number of carbonyl (C=O) groups excluding carboxylic acids is 2. The lowest BCUT2D eigenvalue weighted by Gasteiger charge is -2.32. The Morgan fingerprint density at radius 3 is 2.36 bits per heavy atom. The third kappa shape index (κ3) is 6.39. The van der Waals surface area contributed by atoms with Crippen molar-refractivity contribution in [1.82, 2.24) is 15.5 Å². The number of hydrogen-bond donors (Lipinski definition) is 2. The van der Waals surface area contributed by atoms with Crippen LogP contribution in [0.4, 0.5) is 10.2 Å². The number of hydroxylamine groups is 1. The Balaban J connectivity index is 1.85. The van der Waals surface area contributed by atoms with Crippen molar-refractivity contribution in [2.45, 2.75) is 64.8 Å². The number of nitrogens with zero attached hydrogens (tertiary/aromatic N) is 4. The number of benzene rings is 1. The number of aromatic nitrogens is 2. The number of nitrogens with one attached hydrogen (secondary N) is 1. The van der Waals surface area contributed by atoms with Crippen molar-refractivity contribution in [2.75, 3.05) is 5.06 Å². The number of nitrogens with two attached hydrogens (primary N) is 1. The molecule has 1 aromatic heterocycles. The Bertz CT molecular complexity index is 1050. The van der Waals surface area contributed by atoms with Gasteiger partial charge in [-0.3, -0.25) is 20.2 Å². The number of carbonyl (C=O) groups is 2. The lowest BCUT2D eigenvalue weighted by molar-refractivity contribution is -0.133. The summed E-state index contributed by atoms with van der Waals surface area (Å²) in [6.07, 6.45) is -0.715. The van der Waals surface area contributed by atoms with E-state index in [0.717, 1.165) is 10.6 Å². The van der Waals surface area contributed by atoms with Crippen LogP contribution in [0.1, 0.15) is 58.7 Å². The minimum Gasteiger partial charge on any atom is -0.322 e. The summed E-state index contributed by atoms with van der Waals surface area (Å²) >= 11 is 0. The molecule has 3 rings (SSSR count). The van der Waals surface area contributed by atoms with Gasteiger partial charge in [-0.2, -0.15) is 5.06 Å². The van der Waals surface area contributed by atoms with Crippen molar-refractivity contribution in [1.29, 1.82) is 0 Å². The van der Waals surface area contributed by atoms with Gasteiger partial charge in [0.1, 0.15) is 11.5 Å². The second kappa shape index (κ2) is 9.32. The predicted octanol–water partition coefficient (Wildman–Crippen LogP) is 2.60. The van der Waals surface area contributed by atoms with Crippen molar-refractivity contribution >= 4 is 23.3 Å². The summed E-state index contributed by atoms with van der Waals surface area (Å²) in [5.41, 5.74) is 6.04. The van der Waals surface area contributed by atoms with Gasteiger partial charge in [0.05, 0.1) is 17.7 Å². The molecule has 3 N–H and O–H groups in total. The van der Waals surface area contributed by atoms with E-state index in [9.17, 15) is 14.0 Å². The summed E-state index contributed by atoms with van der Waals surface area (Å²) in [6, 6.07) is 9.27. The lowest BCUT2D eigenvalue weighted by atomic mass is 9.81. The van der Waals surface area contributed by atoms with Gasteiger partial charge in [-0.05, 0) is 56.0 Å². The van der Waals surface area contributed by atoms with Crippen LogP contribution in [0, 0.1) is 5.82 Å². The molecule has 0 bridgehead atoms. The Kier molecular flexibility index (Phi) is 6.89. The van der Waals surface area contributed by atoms with Gasteiger partial charge >= 0.3 is 0 Å². The van der Waals surface area contributed by atoms with Crippen LogP contribution in [-0.2, 0) is 19.8 Å². The van der Waals surface area contributed by atoms with Gasteiger partial charge in [-0.1, -0.05) is 26.0 Å². The second-order valence-corrected chi connectivity index (χ2v) is 9.50. The average molecular weight is 457 g/mol. The number of halogens is 1. The van der Waals surface area contributed by atoms with Crippen LogP contribution in [0.15, 0.2) is 41.4 Å². The molecule has 0 aliphatic carbocycles. The molecule has 10 heteroatoms. The number of anilines is 1. The van der Waals surface area contributed by atoms with Gasteiger partial charge in [0.25, 0.3) is 5.91 Å². The van der Waals surface area contributed by atoms with Crippen molar-refractivity contribution in [3.05, 3.63) is 53.5 Å². The van der Waals surface area contributed by atoms with Gasteiger partial charge in [-0.15, -0.1) is 10.2 Å². The third-order valence-corrected chi connectivity index (χ3v) is 4.90. The highest BCUT2D eigenvalue weighted by Gasteiger charge is 2.32. The van der Waals surface area contributed by atoms with Crippen LogP contribution < -0.4 is 16.1 Å². The molecule has 1 aromatic carbocycles. The summed E-state index contributed by atoms with van der Waals surface area (Å²) in [5.74, 6) is -0.736. The summed E-state index contributed by atoms with van der Waals surface area (Å²) < 4.78 is 13.3. The van der Waals surface area contributed by atoms with Crippen LogP contribution in [0.3, 0.4) is 0 Å². The van der Waals surface area contributed by atoms with Crippen LogP contribution in [0.25, 0.3) is 0 Å². The van der Waals surface area contributed by atoms with Gasteiger partial charge < -0.3 is 5.32 Å². The third-order valence-electron chi connectivity index (χ3n) is 4.90. The van der Waals surface area contributed by atoms with E-state index >= 15 is 0 Å². The Hall–Kier alpha value is -3.24. The standard InChI is InChI=1S/C23H29FN6O3/c1-22(2,3)33-30(20(32)13-23(4,5)14-6-8-15(24)9-7-14)18-11-10-16(28-29-18)17-12-19(31)27-21(25)26-17/h6-11,21H,12-13,25H2,1-5H3,(H,27,31). The number of aliphatic imine (C=N–C) groups is 1. The highest BCUT2D eigenvalue weighted by atomic mass is 19.1. The molecule has 1 unspecified atom stereocenters. The first-order chi connectivity index (χ1) is 15.3. The normalized spacial score (nSPS) is 16.8. The van der Waals surface area contributed by atoms with Gasteiger partial charge in [0.2, 0.25) is 5.91 Å². The van der Waals surface area contributed by atoms with Gasteiger partial charge in [0, 0.05) is 6.42 Å². The summed E-state index contributed by atoms with van der Waals surface area (Å²) in [5, 5.41) is 11.9. The van der Waals surface area contributed by atoms with E-state index in [1.54, 1.807) is 24.3 Å². The molecule has 0 fully saturated rings. The van der Waals surface area contributed by atoms with Gasteiger partial charge in [0.15, 0.2) is 12.1 Å². The molecule has 0 radical (unpaired) electrons. The van der Waals surface area contributed by atoms with E-state index in [4.69, 9.17) is 10.6 Å². The van der Waals surface area contributed by atoms with E-state index in [0.29, 0.717) is 11.4 Å². The molecule has 176 valence electrons. The highest BCUT2D eigenvalue weighted by Crippen LogP contribution is 2.30. The largest absolute Gasteiger partial charge is 0.322 e. The number of hydrogen-bond acceptors (Lipinski definition) is 7. The summed E-state index contributed by atoms with van der Waals surface area (Å²) in [4.78, 5) is 35.1. The second-order valence-electron chi connectivity index (χ2n) is 9.50. The molecule has 9 nitrogen and oxygen atoms in total. The summed E-state index contributed by atoms with van der Waals surface area (Å²) in [7, 11) is 0. The molecule has 2 heterocycles. The molecule has 1 aliphatic rings. The first-order valence-corrected chi connectivity index (χ1v) is 10.6. The number of rotatable bonds is 6. The van der Waals surface area contributed by atoms with Gasteiger partial charge in [-0.25, -0.2) is 9.38 Å². The van der Waals surface area contributed by atoms with Crippen molar-refractivity contribution in [3.8, 4) is 0 Å². The molecule has 1 atom stereocenters. The molecular weight excluding hydrogens is 427 g/mol. The van der Waals surface area contributed by atoms with Crippen molar-refractivity contribution < 1.29 is 18.8 Å². The maximum Gasteiger partial charge on any atom is 0.253 e. The average Bonchev–Trinajstić information content (AvgIpc) is 2.71. The zero-order valence-electron chi connectivity index (χ0n) is 19.4. The van der Waals surface area contributed by atoms with E-state index in [-0.39, 0.29) is 36.3 Å². The Morgan fingerprint density at radius 2 is 1.82 bits per heavy atom. The Morgan fingerprint density at radius 1 is 1.15 bits per heavy atom. The summed E-state index contributed by atoms with van der Waals surface area (Å²) in [6.45, 7) is 9.25. The Labute approximate surface area is 192 Å². The molecule has 1 aliphatic heterocycles. The minimum atomic E-state index is -0.835. The predicted molar refractivity (Wildman–Crippen MR) is 122 cm³/mol. The fourth-order valence-electron chi connectivity index (χ4n) is 3.31. The fraction of sp³-hybridized carbons (Fsp3) is 0.435. The zero-order chi connectivity index (χ0) is 24.4. The number of amides is 2. The van der Waals surface area contributed by atoms with E-state index in [2.05, 4.69) is 20.5 Å². The van der Waals surface area contributed by atoms with Crippen LogP contribution >= 0.6 is 0 Å².